The van der Waals surface area contributed by atoms with Crippen LogP contribution < -0.4 is 14.8 Å². The van der Waals surface area contributed by atoms with E-state index in [1.807, 2.05) is 0 Å². The number of fused-ring (bicyclic) bond motifs is 1. The first-order valence-corrected chi connectivity index (χ1v) is 8.35. The predicted molar refractivity (Wildman–Crippen MR) is 97.0 cm³/mol. The molecule has 1 aromatic rings. The molecule has 1 saturated heterocycles. The van der Waals surface area contributed by atoms with E-state index >= 15 is 0 Å². The lowest BCUT2D eigenvalue weighted by Crippen LogP contribution is -2.52. The molecule has 2 aliphatic heterocycles. The number of amides is 2. The summed E-state index contributed by atoms with van der Waals surface area (Å²) in [4.78, 5) is 28.3. The Labute approximate surface area is 158 Å². The quantitative estimate of drug-likeness (QED) is 0.712. The Bertz CT molecular complexity index is 635. The van der Waals surface area contributed by atoms with E-state index in [9.17, 15) is 9.59 Å². The van der Waals surface area contributed by atoms with Gasteiger partial charge < -0.3 is 29.3 Å². The van der Waals surface area contributed by atoms with Crippen molar-refractivity contribution in [1.82, 2.24) is 15.1 Å². The van der Waals surface area contributed by atoms with Crippen molar-refractivity contribution in [3.05, 3.63) is 23.8 Å². The lowest BCUT2D eigenvalue weighted by molar-refractivity contribution is -0.131. The molecule has 0 atom stereocenters. The smallest absolute Gasteiger partial charge is 0.254 e. The molecule has 0 aromatic heterocycles. The highest BCUT2D eigenvalue weighted by atomic mass is 35.5. The maximum absolute atomic E-state index is 12.6. The van der Waals surface area contributed by atoms with Crippen LogP contribution in [0, 0.1) is 0 Å². The highest BCUT2D eigenvalue weighted by Gasteiger charge is 2.25. The lowest BCUT2D eigenvalue weighted by atomic mass is 10.1. The molecule has 3 rings (SSSR count). The lowest BCUT2D eigenvalue weighted by Gasteiger charge is -2.35. The molecule has 0 aliphatic carbocycles. The van der Waals surface area contributed by atoms with E-state index in [4.69, 9.17) is 14.2 Å². The zero-order valence-corrected chi connectivity index (χ0v) is 15.5. The zero-order chi connectivity index (χ0) is 17.6. The Morgan fingerprint density at radius 1 is 1.12 bits per heavy atom. The minimum absolute atomic E-state index is 0. The number of piperazine rings is 1. The third-order valence-corrected chi connectivity index (χ3v) is 4.30. The fraction of sp³-hybridized carbons (Fsp3) is 0.529. The van der Waals surface area contributed by atoms with Gasteiger partial charge in [-0.3, -0.25) is 9.59 Å². The van der Waals surface area contributed by atoms with Gasteiger partial charge in [-0.05, 0) is 18.2 Å². The molecular formula is C17H24ClN3O5. The largest absolute Gasteiger partial charge is 0.454 e. The molecule has 9 heteroatoms. The topological polar surface area (TPSA) is 80.3 Å². The first-order valence-electron chi connectivity index (χ1n) is 8.35. The van der Waals surface area contributed by atoms with E-state index in [1.165, 1.54) is 0 Å². The van der Waals surface area contributed by atoms with Gasteiger partial charge >= 0.3 is 0 Å². The second-order valence-corrected chi connectivity index (χ2v) is 5.91. The second kappa shape index (κ2) is 9.61. The maximum atomic E-state index is 12.6. The van der Waals surface area contributed by atoms with Gasteiger partial charge in [0.25, 0.3) is 5.91 Å². The molecule has 144 valence electrons. The summed E-state index contributed by atoms with van der Waals surface area (Å²) in [5.41, 5.74) is 0.574. The fourth-order valence-electron chi connectivity index (χ4n) is 2.85. The molecule has 8 nitrogen and oxygen atoms in total. The van der Waals surface area contributed by atoms with Crippen LogP contribution in [-0.2, 0) is 9.53 Å². The molecular weight excluding hydrogens is 362 g/mol. The van der Waals surface area contributed by atoms with Gasteiger partial charge in [0.2, 0.25) is 12.7 Å². The van der Waals surface area contributed by atoms with E-state index in [-0.39, 0.29) is 31.0 Å². The highest BCUT2D eigenvalue weighted by molar-refractivity contribution is 5.95. The van der Waals surface area contributed by atoms with Crippen LogP contribution in [0.5, 0.6) is 11.5 Å². The average molecular weight is 386 g/mol. The third-order valence-electron chi connectivity index (χ3n) is 4.30. The number of hydrogen-bond acceptors (Lipinski definition) is 6. The predicted octanol–water partition coefficient (Wildman–Crippen LogP) is 0.358. The third kappa shape index (κ3) is 4.78. The summed E-state index contributed by atoms with van der Waals surface area (Å²) in [6, 6.07) is 5.20. The van der Waals surface area contributed by atoms with Crippen LogP contribution in [0.2, 0.25) is 0 Å². The average Bonchev–Trinajstić information content (AvgIpc) is 3.12. The van der Waals surface area contributed by atoms with Crippen LogP contribution in [0.3, 0.4) is 0 Å². The van der Waals surface area contributed by atoms with Gasteiger partial charge in [-0.15, -0.1) is 12.4 Å². The Morgan fingerprint density at radius 2 is 1.81 bits per heavy atom. The summed E-state index contributed by atoms with van der Waals surface area (Å²) in [5, 5.41) is 3.04. The first-order chi connectivity index (χ1) is 12.2. The number of carbonyl (C=O) groups is 2. The van der Waals surface area contributed by atoms with Crippen molar-refractivity contribution in [2.45, 2.75) is 0 Å². The molecule has 2 amide bonds. The number of halogens is 1. The number of nitrogens with one attached hydrogen (secondary N) is 1. The number of rotatable bonds is 6. The van der Waals surface area contributed by atoms with Crippen molar-refractivity contribution >= 4 is 24.2 Å². The normalized spacial score (nSPS) is 15.6. The summed E-state index contributed by atoms with van der Waals surface area (Å²) in [5.74, 6) is 1.25. The number of nitrogens with zero attached hydrogens (tertiary/aromatic N) is 2. The van der Waals surface area contributed by atoms with E-state index in [0.29, 0.717) is 62.9 Å². The number of hydrogen-bond donors (Lipinski definition) is 1. The second-order valence-electron chi connectivity index (χ2n) is 5.91. The molecule has 0 saturated carbocycles. The molecule has 0 unspecified atom stereocenters. The van der Waals surface area contributed by atoms with Crippen LogP contribution in [0.25, 0.3) is 0 Å². The van der Waals surface area contributed by atoms with Gasteiger partial charge in [-0.25, -0.2) is 0 Å². The highest BCUT2D eigenvalue weighted by Crippen LogP contribution is 2.32. The van der Waals surface area contributed by atoms with Gasteiger partial charge in [0.05, 0.1) is 13.2 Å². The van der Waals surface area contributed by atoms with Crippen LogP contribution in [0.4, 0.5) is 0 Å². The van der Waals surface area contributed by atoms with E-state index < -0.39 is 0 Å². The molecule has 1 fully saturated rings. The molecule has 0 bridgehead atoms. The number of methoxy groups -OCH3 is 1. The van der Waals surface area contributed by atoms with Crippen molar-refractivity contribution < 1.29 is 23.8 Å². The van der Waals surface area contributed by atoms with Gasteiger partial charge in [0, 0.05) is 45.4 Å². The van der Waals surface area contributed by atoms with Crippen molar-refractivity contribution in [2.75, 3.05) is 59.8 Å². The van der Waals surface area contributed by atoms with Gasteiger partial charge in [0.15, 0.2) is 11.5 Å². The number of benzene rings is 1. The fourth-order valence-corrected chi connectivity index (χ4v) is 2.85. The SMILES string of the molecule is COCCNCC(=O)N1CCN(C(=O)c2ccc3c(c2)OCO3)CC1.Cl. The summed E-state index contributed by atoms with van der Waals surface area (Å²) >= 11 is 0. The van der Waals surface area contributed by atoms with Gasteiger partial charge in [-0.2, -0.15) is 0 Å². The van der Waals surface area contributed by atoms with Gasteiger partial charge in [0.1, 0.15) is 0 Å². The number of carbonyl (C=O) groups excluding carboxylic acids is 2. The molecule has 1 aromatic carbocycles. The first kappa shape index (κ1) is 20.3. The minimum Gasteiger partial charge on any atom is -0.454 e. The summed E-state index contributed by atoms with van der Waals surface area (Å²) < 4.78 is 15.5. The Balaban J connectivity index is 0.00000243. The Kier molecular flexibility index (Phi) is 7.50. The molecule has 1 N–H and O–H groups in total. The molecule has 2 aliphatic rings. The Morgan fingerprint density at radius 3 is 2.54 bits per heavy atom. The van der Waals surface area contributed by atoms with Crippen LogP contribution in [0.15, 0.2) is 18.2 Å². The number of ether oxygens (including phenoxy) is 3. The monoisotopic (exact) mass is 385 g/mol. The van der Waals surface area contributed by atoms with Crippen molar-refractivity contribution in [3.63, 3.8) is 0 Å². The van der Waals surface area contributed by atoms with Crippen LogP contribution in [0.1, 0.15) is 10.4 Å². The standard InChI is InChI=1S/C17H23N3O5.ClH/c1-23-9-4-18-11-16(21)19-5-7-20(8-6-19)17(22)13-2-3-14-15(10-13)25-12-24-14;/h2-3,10,18H,4-9,11-12H2,1H3;1H. The van der Waals surface area contributed by atoms with Crippen molar-refractivity contribution in [1.29, 1.82) is 0 Å². The molecule has 26 heavy (non-hydrogen) atoms. The van der Waals surface area contributed by atoms with E-state index in [2.05, 4.69) is 5.32 Å². The summed E-state index contributed by atoms with van der Waals surface area (Å²) in [7, 11) is 1.62. The van der Waals surface area contributed by atoms with E-state index in [1.54, 1.807) is 35.1 Å². The zero-order valence-electron chi connectivity index (χ0n) is 14.7. The molecule has 0 radical (unpaired) electrons. The van der Waals surface area contributed by atoms with Crippen LogP contribution >= 0.6 is 12.4 Å². The molecule has 2 heterocycles. The molecule has 0 spiro atoms. The van der Waals surface area contributed by atoms with Crippen LogP contribution in [-0.4, -0.2) is 81.4 Å². The van der Waals surface area contributed by atoms with E-state index in [0.717, 1.165) is 0 Å². The summed E-state index contributed by atoms with van der Waals surface area (Å²) in [6.07, 6.45) is 0. The van der Waals surface area contributed by atoms with Crippen molar-refractivity contribution in [3.8, 4) is 11.5 Å². The van der Waals surface area contributed by atoms with Crippen molar-refractivity contribution in [2.24, 2.45) is 0 Å². The van der Waals surface area contributed by atoms with Gasteiger partial charge in [-0.1, -0.05) is 0 Å². The summed E-state index contributed by atoms with van der Waals surface area (Å²) in [6.45, 7) is 3.83. The Hall–Kier alpha value is -2.03. The minimum atomic E-state index is -0.0522. The maximum Gasteiger partial charge on any atom is 0.254 e.